The van der Waals surface area contributed by atoms with Gasteiger partial charge in [-0.15, -0.1) is 11.3 Å². The highest BCUT2D eigenvalue weighted by Gasteiger charge is 2.44. The van der Waals surface area contributed by atoms with Crippen LogP contribution in [0.4, 0.5) is 5.13 Å². The summed E-state index contributed by atoms with van der Waals surface area (Å²) in [5.41, 5.74) is 0.0640. The van der Waals surface area contributed by atoms with Crippen molar-refractivity contribution in [3.8, 4) is 0 Å². The minimum atomic E-state index is -0.706. The number of carbonyl (C=O) groups is 2. The van der Waals surface area contributed by atoms with Gasteiger partial charge in [0.05, 0.1) is 12.1 Å². The topological polar surface area (TPSA) is 92.2 Å². The molecule has 1 saturated heterocycles. The first-order chi connectivity index (χ1) is 13.0. The largest absolute Gasteiger partial charge is 0.351 e. The summed E-state index contributed by atoms with van der Waals surface area (Å²) in [7, 11) is 1.84. The molecular weight excluding hydrogens is 364 g/mol. The second kappa shape index (κ2) is 7.30. The number of hydrogen-bond acceptors (Lipinski definition) is 6. The number of nitrogens with zero attached hydrogens (tertiary/aromatic N) is 4. The molecule has 0 unspecified atom stereocenters. The first-order valence-corrected chi connectivity index (χ1v) is 10.2. The number of aryl methyl sites for hydroxylation is 1. The summed E-state index contributed by atoms with van der Waals surface area (Å²) in [5.74, 6) is 0.0798. The molecule has 27 heavy (non-hydrogen) atoms. The summed E-state index contributed by atoms with van der Waals surface area (Å²) in [6.07, 6.45) is 7.09. The minimum absolute atomic E-state index is 0.0250. The molecule has 0 aromatic carbocycles. The Morgan fingerprint density at radius 3 is 2.70 bits per heavy atom. The van der Waals surface area contributed by atoms with Gasteiger partial charge in [-0.1, -0.05) is 0 Å². The molecule has 1 aliphatic heterocycles. The molecule has 0 atom stereocenters. The van der Waals surface area contributed by atoms with E-state index in [0.29, 0.717) is 38.4 Å². The third-order valence-corrected chi connectivity index (χ3v) is 5.89. The fourth-order valence-corrected chi connectivity index (χ4v) is 4.04. The molecule has 1 saturated carbocycles. The number of rotatable bonds is 6. The van der Waals surface area contributed by atoms with Crippen LogP contribution in [0.15, 0.2) is 23.8 Å². The molecular formula is C18H24N6O2S. The SMILES string of the molecule is Cn1ccc(CC(=O)N2CCC(Nc3nccs3)(C(=O)NC3CC3)CC2)n1. The molecule has 2 aliphatic rings. The van der Waals surface area contributed by atoms with Crippen LogP contribution in [0.2, 0.25) is 0 Å². The van der Waals surface area contributed by atoms with E-state index < -0.39 is 5.54 Å². The van der Waals surface area contributed by atoms with Gasteiger partial charge in [0.25, 0.3) is 0 Å². The molecule has 2 aromatic rings. The molecule has 0 spiro atoms. The van der Waals surface area contributed by atoms with Gasteiger partial charge in [-0.25, -0.2) is 4.98 Å². The molecule has 4 rings (SSSR count). The van der Waals surface area contributed by atoms with Gasteiger partial charge in [0.15, 0.2) is 5.13 Å². The van der Waals surface area contributed by atoms with Crippen LogP contribution >= 0.6 is 11.3 Å². The first kappa shape index (κ1) is 18.0. The highest BCUT2D eigenvalue weighted by molar-refractivity contribution is 7.13. The van der Waals surface area contributed by atoms with Gasteiger partial charge in [0.1, 0.15) is 5.54 Å². The second-order valence-electron chi connectivity index (χ2n) is 7.33. The van der Waals surface area contributed by atoms with Gasteiger partial charge in [0, 0.05) is 44.0 Å². The van der Waals surface area contributed by atoms with Crippen molar-refractivity contribution in [2.45, 2.75) is 43.7 Å². The standard InChI is InChI=1S/C18H24N6O2S/c1-23-8-4-14(22-23)12-15(25)24-9-5-18(6-10-24,16(26)20-13-2-3-13)21-17-19-7-11-27-17/h4,7-8,11,13H,2-3,5-6,9-10,12H2,1H3,(H,19,21)(H,20,26). The van der Waals surface area contributed by atoms with Gasteiger partial charge >= 0.3 is 0 Å². The summed E-state index contributed by atoms with van der Waals surface area (Å²) in [6, 6.07) is 2.16. The van der Waals surface area contributed by atoms with Crippen LogP contribution in [-0.2, 0) is 23.1 Å². The number of piperidine rings is 1. The van der Waals surface area contributed by atoms with Crippen molar-refractivity contribution in [2.24, 2.45) is 7.05 Å². The fraction of sp³-hybridized carbons (Fsp3) is 0.556. The number of likely N-dealkylation sites (tertiary alicyclic amines) is 1. The molecule has 0 bridgehead atoms. The number of thiazole rings is 1. The van der Waals surface area contributed by atoms with E-state index in [0.717, 1.165) is 23.7 Å². The minimum Gasteiger partial charge on any atom is -0.351 e. The van der Waals surface area contributed by atoms with E-state index in [4.69, 9.17) is 0 Å². The van der Waals surface area contributed by atoms with E-state index in [9.17, 15) is 9.59 Å². The quantitative estimate of drug-likeness (QED) is 0.775. The van der Waals surface area contributed by atoms with Crippen LogP contribution in [0, 0.1) is 0 Å². The Bertz CT molecular complexity index is 806. The number of carbonyl (C=O) groups excluding carboxylic acids is 2. The number of hydrogen-bond donors (Lipinski definition) is 2. The average molecular weight is 388 g/mol. The molecule has 1 aliphatic carbocycles. The predicted molar refractivity (Wildman–Crippen MR) is 102 cm³/mol. The van der Waals surface area contributed by atoms with Gasteiger partial charge in [0.2, 0.25) is 11.8 Å². The molecule has 3 heterocycles. The number of amides is 2. The smallest absolute Gasteiger partial charge is 0.246 e. The van der Waals surface area contributed by atoms with Crippen LogP contribution in [0.5, 0.6) is 0 Å². The van der Waals surface area contributed by atoms with Crippen molar-refractivity contribution in [1.29, 1.82) is 0 Å². The van der Waals surface area contributed by atoms with Gasteiger partial charge in [-0.05, 0) is 31.7 Å². The van der Waals surface area contributed by atoms with E-state index in [1.165, 1.54) is 11.3 Å². The second-order valence-corrected chi connectivity index (χ2v) is 8.22. The maximum atomic E-state index is 13.0. The lowest BCUT2D eigenvalue weighted by atomic mass is 9.86. The highest BCUT2D eigenvalue weighted by Crippen LogP contribution is 2.30. The zero-order valence-corrected chi connectivity index (χ0v) is 16.2. The predicted octanol–water partition coefficient (Wildman–Crippen LogP) is 1.17. The lowest BCUT2D eigenvalue weighted by molar-refractivity contribution is -0.135. The van der Waals surface area contributed by atoms with Crippen LogP contribution in [-0.4, -0.2) is 56.1 Å². The lowest BCUT2D eigenvalue weighted by Crippen LogP contribution is -2.59. The Kier molecular flexibility index (Phi) is 4.86. The van der Waals surface area contributed by atoms with Crippen LogP contribution < -0.4 is 10.6 Å². The van der Waals surface area contributed by atoms with Crippen LogP contribution in [0.3, 0.4) is 0 Å². The maximum Gasteiger partial charge on any atom is 0.246 e. The molecule has 2 fully saturated rings. The molecule has 2 aromatic heterocycles. The third-order valence-electron chi connectivity index (χ3n) is 5.20. The highest BCUT2D eigenvalue weighted by atomic mass is 32.1. The van der Waals surface area contributed by atoms with Crippen molar-refractivity contribution < 1.29 is 9.59 Å². The average Bonchev–Trinajstić information content (AvgIpc) is 3.14. The summed E-state index contributed by atoms with van der Waals surface area (Å²) < 4.78 is 1.70. The van der Waals surface area contributed by atoms with E-state index in [2.05, 4.69) is 20.7 Å². The number of anilines is 1. The molecule has 8 nitrogen and oxygen atoms in total. The molecule has 0 radical (unpaired) electrons. The Morgan fingerprint density at radius 2 is 2.11 bits per heavy atom. The summed E-state index contributed by atoms with van der Waals surface area (Å²) in [6.45, 7) is 1.09. The van der Waals surface area contributed by atoms with E-state index in [1.807, 2.05) is 29.6 Å². The van der Waals surface area contributed by atoms with Crippen molar-refractivity contribution in [1.82, 2.24) is 25.0 Å². The third kappa shape index (κ3) is 4.13. The van der Waals surface area contributed by atoms with Crippen LogP contribution in [0.1, 0.15) is 31.4 Å². The van der Waals surface area contributed by atoms with Crippen molar-refractivity contribution in [3.05, 3.63) is 29.5 Å². The summed E-state index contributed by atoms with van der Waals surface area (Å²) >= 11 is 1.48. The van der Waals surface area contributed by atoms with Crippen molar-refractivity contribution >= 4 is 28.3 Å². The van der Waals surface area contributed by atoms with E-state index in [1.54, 1.807) is 10.9 Å². The van der Waals surface area contributed by atoms with Crippen molar-refractivity contribution in [3.63, 3.8) is 0 Å². The Morgan fingerprint density at radius 1 is 1.33 bits per heavy atom. The molecule has 9 heteroatoms. The summed E-state index contributed by atoms with van der Waals surface area (Å²) in [4.78, 5) is 31.7. The lowest BCUT2D eigenvalue weighted by Gasteiger charge is -2.41. The Hall–Kier alpha value is -2.42. The maximum absolute atomic E-state index is 13.0. The Balaban J connectivity index is 1.41. The van der Waals surface area contributed by atoms with Gasteiger partial charge in [-0.3, -0.25) is 14.3 Å². The Labute approximate surface area is 162 Å². The van der Waals surface area contributed by atoms with Crippen molar-refractivity contribution in [2.75, 3.05) is 18.4 Å². The van der Waals surface area contributed by atoms with Crippen LogP contribution in [0.25, 0.3) is 0 Å². The molecule has 2 N–H and O–H groups in total. The normalized spacial score (nSPS) is 18.9. The zero-order chi connectivity index (χ0) is 18.9. The monoisotopic (exact) mass is 388 g/mol. The molecule has 144 valence electrons. The zero-order valence-electron chi connectivity index (χ0n) is 15.4. The number of nitrogens with one attached hydrogen (secondary N) is 2. The first-order valence-electron chi connectivity index (χ1n) is 9.29. The van der Waals surface area contributed by atoms with Gasteiger partial charge < -0.3 is 15.5 Å². The molecule has 2 amide bonds. The van der Waals surface area contributed by atoms with Gasteiger partial charge in [-0.2, -0.15) is 5.10 Å². The number of aromatic nitrogens is 3. The van der Waals surface area contributed by atoms with E-state index >= 15 is 0 Å². The fourth-order valence-electron chi connectivity index (χ4n) is 3.41. The summed E-state index contributed by atoms with van der Waals surface area (Å²) in [5, 5.41) is 13.4. The van der Waals surface area contributed by atoms with E-state index in [-0.39, 0.29) is 11.8 Å².